The van der Waals surface area contributed by atoms with Crippen molar-refractivity contribution >= 4 is 0 Å². The first-order valence-corrected chi connectivity index (χ1v) is 12.7. The third-order valence-electron chi connectivity index (χ3n) is 7.19. The molecule has 2 saturated carbocycles. The molecule has 1 atom stereocenters. The van der Waals surface area contributed by atoms with Gasteiger partial charge in [0.2, 0.25) is 0 Å². The highest BCUT2D eigenvalue weighted by Crippen LogP contribution is 2.24. The van der Waals surface area contributed by atoms with Crippen molar-refractivity contribution in [3.8, 4) is 0 Å². The lowest BCUT2D eigenvalue weighted by atomic mass is 9.90. The van der Waals surface area contributed by atoms with E-state index in [4.69, 9.17) is 0 Å². The van der Waals surface area contributed by atoms with Crippen molar-refractivity contribution in [1.82, 2.24) is 21.3 Å². The molecule has 0 heterocycles. The van der Waals surface area contributed by atoms with Crippen molar-refractivity contribution < 1.29 is 0 Å². The van der Waals surface area contributed by atoms with E-state index in [1.807, 2.05) is 0 Å². The van der Waals surface area contributed by atoms with Crippen LogP contribution >= 0.6 is 0 Å². The van der Waals surface area contributed by atoms with E-state index in [1.165, 1.54) is 109 Å². The van der Waals surface area contributed by atoms with Gasteiger partial charge >= 0.3 is 0 Å². The van der Waals surface area contributed by atoms with Crippen molar-refractivity contribution in [3.63, 3.8) is 0 Å². The summed E-state index contributed by atoms with van der Waals surface area (Å²) in [6.45, 7) is 2.30. The molecule has 0 aromatic heterocycles. The smallest absolute Gasteiger partial charge is 0.139 e. The molecule has 0 bridgehead atoms. The third-order valence-corrected chi connectivity index (χ3v) is 7.19. The summed E-state index contributed by atoms with van der Waals surface area (Å²) in [6.07, 6.45) is 23.0. The summed E-state index contributed by atoms with van der Waals surface area (Å²) < 4.78 is 0. The quantitative estimate of drug-likeness (QED) is 0.246. The van der Waals surface area contributed by atoms with Gasteiger partial charge in [0.15, 0.2) is 0 Å². The van der Waals surface area contributed by atoms with Gasteiger partial charge in [0.25, 0.3) is 0 Å². The zero-order valence-electron chi connectivity index (χ0n) is 19.3. The van der Waals surface area contributed by atoms with Crippen molar-refractivity contribution in [1.29, 1.82) is 0 Å². The van der Waals surface area contributed by atoms with Crippen molar-refractivity contribution in [3.05, 3.63) is 0 Å². The van der Waals surface area contributed by atoms with E-state index in [-0.39, 0.29) is 5.79 Å². The van der Waals surface area contributed by atoms with Crippen LogP contribution in [0.4, 0.5) is 0 Å². The monoisotopic (exact) mass is 394 g/mol. The maximum atomic E-state index is 4.09. The molecular weight excluding hydrogens is 344 g/mol. The number of likely N-dealkylation sites (N-methyl/N-ethyl adjacent to an activating group) is 2. The van der Waals surface area contributed by atoms with Gasteiger partial charge in [-0.3, -0.25) is 16.0 Å². The summed E-state index contributed by atoms with van der Waals surface area (Å²) in [7, 11) is 4.30. The van der Waals surface area contributed by atoms with Gasteiger partial charge in [0.1, 0.15) is 5.79 Å². The van der Waals surface area contributed by atoms with E-state index in [2.05, 4.69) is 42.3 Å². The molecule has 0 aromatic carbocycles. The average Bonchev–Trinajstić information content (AvgIpc) is 2.74. The maximum Gasteiger partial charge on any atom is 0.139 e. The van der Waals surface area contributed by atoms with Crippen molar-refractivity contribution in [2.75, 3.05) is 14.1 Å². The number of rotatable bonds is 14. The second kappa shape index (κ2) is 14.0. The molecule has 0 aliphatic heterocycles. The van der Waals surface area contributed by atoms with Gasteiger partial charge in [-0.05, 0) is 46.2 Å². The van der Waals surface area contributed by atoms with Crippen LogP contribution in [0.2, 0.25) is 0 Å². The minimum Gasteiger partial charge on any atom is -0.313 e. The van der Waals surface area contributed by atoms with Crippen LogP contribution in [-0.2, 0) is 0 Å². The third kappa shape index (κ3) is 7.93. The molecule has 0 amide bonds. The average molecular weight is 395 g/mol. The molecule has 166 valence electrons. The molecule has 4 N–H and O–H groups in total. The molecule has 4 heteroatoms. The van der Waals surface area contributed by atoms with E-state index in [0.717, 1.165) is 0 Å². The highest BCUT2D eigenvalue weighted by molar-refractivity contribution is 4.98. The van der Waals surface area contributed by atoms with Crippen LogP contribution in [0.15, 0.2) is 0 Å². The molecule has 2 rings (SSSR count). The molecule has 2 aliphatic rings. The number of hydrogen-bond donors (Lipinski definition) is 4. The fourth-order valence-electron chi connectivity index (χ4n) is 5.41. The first kappa shape index (κ1) is 24.1. The molecule has 28 heavy (non-hydrogen) atoms. The van der Waals surface area contributed by atoms with Gasteiger partial charge < -0.3 is 5.32 Å². The maximum absolute atomic E-state index is 4.09. The Kier molecular flexibility index (Phi) is 12.0. The van der Waals surface area contributed by atoms with Crippen LogP contribution in [0.5, 0.6) is 0 Å². The van der Waals surface area contributed by atoms with Crippen LogP contribution in [-0.4, -0.2) is 38.0 Å². The molecule has 1 unspecified atom stereocenters. The Balaban J connectivity index is 1.99. The van der Waals surface area contributed by atoms with E-state index in [0.29, 0.717) is 18.1 Å². The van der Waals surface area contributed by atoms with Crippen molar-refractivity contribution in [2.45, 2.75) is 140 Å². The minimum atomic E-state index is -0.192. The fraction of sp³-hybridized carbons (Fsp3) is 1.00. The van der Waals surface area contributed by atoms with E-state index >= 15 is 0 Å². The molecule has 0 spiro atoms. The minimum absolute atomic E-state index is 0.192. The Morgan fingerprint density at radius 2 is 1.21 bits per heavy atom. The van der Waals surface area contributed by atoms with Crippen molar-refractivity contribution in [2.24, 2.45) is 0 Å². The predicted octanol–water partition coefficient (Wildman–Crippen LogP) is 5.04. The second-order valence-corrected chi connectivity index (χ2v) is 9.41. The topological polar surface area (TPSA) is 48.1 Å². The predicted molar refractivity (Wildman–Crippen MR) is 123 cm³/mol. The van der Waals surface area contributed by atoms with Crippen LogP contribution in [0, 0.1) is 0 Å². The highest BCUT2D eigenvalue weighted by atomic mass is 15.4. The molecule has 0 aromatic rings. The van der Waals surface area contributed by atoms with Crippen LogP contribution in [0.25, 0.3) is 0 Å². The lowest BCUT2D eigenvalue weighted by Gasteiger charge is -2.48. The Morgan fingerprint density at radius 3 is 1.68 bits per heavy atom. The number of unbranched alkanes of at least 4 members (excludes halogenated alkanes) is 5. The zero-order chi connectivity index (χ0) is 20.1. The summed E-state index contributed by atoms with van der Waals surface area (Å²) in [5, 5.41) is 15.6. The lowest BCUT2D eigenvalue weighted by Crippen LogP contribution is -2.77. The molecule has 0 saturated heterocycles. The molecular formula is C24H50N4. The molecule has 2 fully saturated rings. The Morgan fingerprint density at radius 1 is 0.714 bits per heavy atom. The lowest BCUT2D eigenvalue weighted by molar-refractivity contribution is 0.0903. The first-order valence-electron chi connectivity index (χ1n) is 12.7. The van der Waals surface area contributed by atoms with Crippen LogP contribution in [0.1, 0.15) is 116 Å². The summed E-state index contributed by atoms with van der Waals surface area (Å²) in [4.78, 5) is 0. The van der Waals surface area contributed by atoms with Gasteiger partial charge in [-0.1, -0.05) is 84.0 Å². The standard InChI is InChI=1S/C24H50N4/c1-4-5-6-7-8-15-20-23(25-2)24(26-3,27-21-16-11-9-12-17-21)28-22-18-13-10-14-19-22/h21-23,25-28H,4-20H2,1-3H3. The van der Waals surface area contributed by atoms with Gasteiger partial charge in [-0.2, -0.15) is 0 Å². The summed E-state index contributed by atoms with van der Waals surface area (Å²) in [5.74, 6) is -0.192. The summed E-state index contributed by atoms with van der Waals surface area (Å²) >= 11 is 0. The second-order valence-electron chi connectivity index (χ2n) is 9.41. The van der Waals surface area contributed by atoms with Gasteiger partial charge in [0, 0.05) is 12.1 Å². The van der Waals surface area contributed by atoms with Gasteiger partial charge in [-0.25, -0.2) is 0 Å². The first-order chi connectivity index (χ1) is 13.7. The van der Waals surface area contributed by atoms with Gasteiger partial charge in [0.05, 0.1) is 6.04 Å². The summed E-state index contributed by atoms with van der Waals surface area (Å²) in [5.41, 5.74) is 0. The Labute approximate surface area is 175 Å². The summed E-state index contributed by atoms with van der Waals surface area (Å²) in [6, 6.07) is 1.68. The molecule has 2 aliphatic carbocycles. The molecule has 4 nitrogen and oxygen atoms in total. The largest absolute Gasteiger partial charge is 0.313 e. The fourth-order valence-corrected chi connectivity index (χ4v) is 5.41. The van der Waals surface area contributed by atoms with Crippen LogP contribution in [0.3, 0.4) is 0 Å². The van der Waals surface area contributed by atoms with Gasteiger partial charge in [-0.15, -0.1) is 0 Å². The van der Waals surface area contributed by atoms with E-state index in [1.54, 1.807) is 0 Å². The highest BCUT2D eigenvalue weighted by Gasteiger charge is 2.40. The van der Waals surface area contributed by atoms with E-state index in [9.17, 15) is 0 Å². The number of nitrogens with one attached hydrogen (secondary N) is 4. The Bertz CT molecular complexity index is 355. The zero-order valence-corrected chi connectivity index (χ0v) is 19.3. The van der Waals surface area contributed by atoms with E-state index < -0.39 is 0 Å². The number of hydrogen-bond acceptors (Lipinski definition) is 4. The Hall–Kier alpha value is -0.160. The SMILES string of the molecule is CCCCCCCCC(NC)C(NC)(NC1CCCCC1)NC1CCCCC1. The normalized spacial score (nSPS) is 21.1. The molecule has 0 radical (unpaired) electrons. The van der Waals surface area contributed by atoms with Crippen LogP contribution < -0.4 is 21.3 Å².